The molecule has 4 heteroatoms. The summed E-state index contributed by atoms with van der Waals surface area (Å²) in [6.07, 6.45) is 1.41. The molecule has 0 aliphatic rings. The Morgan fingerprint density at radius 2 is 2.13 bits per heavy atom. The van der Waals surface area contributed by atoms with E-state index >= 15 is 0 Å². The minimum Gasteiger partial charge on any atom is -0.293 e. The zero-order valence-corrected chi connectivity index (χ0v) is 9.85. The van der Waals surface area contributed by atoms with Crippen LogP contribution in [0.1, 0.15) is 30.1 Å². The molecule has 0 amide bonds. The van der Waals surface area contributed by atoms with Crippen molar-refractivity contribution in [3.63, 3.8) is 0 Å². The van der Waals surface area contributed by atoms with Gasteiger partial charge in [-0.15, -0.1) is 0 Å². The van der Waals surface area contributed by atoms with Gasteiger partial charge in [0.05, 0.1) is 10.4 Å². The first-order valence-corrected chi connectivity index (χ1v) is 5.61. The van der Waals surface area contributed by atoms with Gasteiger partial charge in [-0.2, -0.15) is 0 Å². The van der Waals surface area contributed by atoms with Crippen molar-refractivity contribution in [2.24, 2.45) is 0 Å². The van der Waals surface area contributed by atoms with Crippen molar-refractivity contribution in [1.29, 1.82) is 0 Å². The maximum Gasteiger partial charge on any atom is 0.179 e. The molecule has 1 aromatic carbocycles. The van der Waals surface area contributed by atoms with E-state index in [9.17, 15) is 13.6 Å². The number of Topliss-reactive ketones (excluding diaryl/α,β-unsaturated/α-hetero) is 1. The third kappa shape index (κ3) is 3.09. The van der Waals surface area contributed by atoms with Crippen LogP contribution < -0.4 is 0 Å². The fraction of sp³-hybridized carbons (Fsp3) is 0.364. The van der Waals surface area contributed by atoms with E-state index in [0.717, 1.165) is 24.6 Å². The maximum absolute atomic E-state index is 13.2. The second-order valence-corrected chi connectivity index (χ2v) is 4.35. The van der Waals surface area contributed by atoms with E-state index in [1.807, 2.05) is 6.92 Å². The molecule has 82 valence electrons. The number of ketones is 1. The average molecular weight is 277 g/mol. The Morgan fingerprint density at radius 1 is 1.47 bits per heavy atom. The second-order valence-electron chi connectivity index (χ2n) is 3.24. The van der Waals surface area contributed by atoms with Crippen LogP contribution in [0.3, 0.4) is 0 Å². The van der Waals surface area contributed by atoms with Gasteiger partial charge in [0.1, 0.15) is 11.6 Å². The summed E-state index contributed by atoms with van der Waals surface area (Å²) in [5, 5.41) is 0. The smallest absolute Gasteiger partial charge is 0.179 e. The molecule has 0 fully saturated rings. The highest BCUT2D eigenvalue weighted by molar-refractivity contribution is 9.10. The zero-order chi connectivity index (χ0) is 11.4. The molecule has 0 saturated carbocycles. The van der Waals surface area contributed by atoms with Crippen molar-refractivity contribution in [3.05, 3.63) is 35.4 Å². The lowest BCUT2D eigenvalue weighted by Crippen LogP contribution is -2.15. The molecule has 1 rings (SSSR count). The largest absolute Gasteiger partial charge is 0.293 e. The molecular formula is C11H11BrF2O. The van der Waals surface area contributed by atoms with Gasteiger partial charge in [-0.3, -0.25) is 4.79 Å². The Morgan fingerprint density at radius 3 is 2.73 bits per heavy atom. The van der Waals surface area contributed by atoms with Gasteiger partial charge in [-0.25, -0.2) is 8.78 Å². The summed E-state index contributed by atoms with van der Waals surface area (Å²) < 4.78 is 26.0. The summed E-state index contributed by atoms with van der Waals surface area (Å²) in [6.45, 7) is 1.92. The molecule has 1 nitrogen and oxygen atoms in total. The average Bonchev–Trinajstić information content (AvgIpc) is 2.21. The molecule has 1 atom stereocenters. The van der Waals surface area contributed by atoms with Gasteiger partial charge in [0.15, 0.2) is 5.78 Å². The predicted molar refractivity (Wildman–Crippen MR) is 58.3 cm³/mol. The summed E-state index contributed by atoms with van der Waals surface area (Å²) in [6, 6.07) is 2.89. The van der Waals surface area contributed by atoms with Crippen LogP contribution in [-0.4, -0.2) is 10.6 Å². The van der Waals surface area contributed by atoms with E-state index in [1.165, 1.54) is 0 Å². The van der Waals surface area contributed by atoms with Crippen LogP contribution in [-0.2, 0) is 0 Å². The van der Waals surface area contributed by atoms with Crippen molar-refractivity contribution in [2.75, 3.05) is 0 Å². The third-order valence-electron chi connectivity index (χ3n) is 2.02. The van der Waals surface area contributed by atoms with Crippen LogP contribution in [0.2, 0.25) is 0 Å². The molecule has 0 N–H and O–H groups in total. The number of rotatable bonds is 4. The van der Waals surface area contributed by atoms with Crippen LogP contribution in [0.5, 0.6) is 0 Å². The van der Waals surface area contributed by atoms with E-state index < -0.39 is 22.2 Å². The summed E-state index contributed by atoms with van der Waals surface area (Å²) in [4.78, 5) is 11.2. The predicted octanol–water partition coefficient (Wildman–Crippen LogP) is 3.71. The molecule has 0 bridgehead atoms. The van der Waals surface area contributed by atoms with E-state index in [-0.39, 0.29) is 5.56 Å². The fourth-order valence-electron chi connectivity index (χ4n) is 1.24. The van der Waals surface area contributed by atoms with E-state index in [2.05, 4.69) is 15.9 Å². The first-order valence-electron chi connectivity index (χ1n) is 4.69. The molecule has 0 heterocycles. The second kappa shape index (κ2) is 5.35. The van der Waals surface area contributed by atoms with Crippen LogP contribution in [0.25, 0.3) is 0 Å². The number of benzene rings is 1. The fourth-order valence-corrected chi connectivity index (χ4v) is 1.94. The quantitative estimate of drug-likeness (QED) is 0.605. The highest BCUT2D eigenvalue weighted by Gasteiger charge is 2.19. The Labute approximate surface area is 95.6 Å². The first kappa shape index (κ1) is 12.3. The molecule has 0 spiro atoms. The molecule has 1 aromatic rings. The number of carbonyl (C=O) groups excluding carboxylic acids is 1. The van der Waals surface area contributed by atoms with Crippen molar-refractivity contribution in [1.82, 2.24) is 0 Å². The normalized spacial score (nSPS) is 12.5. The van der Waals surface area contributed by atoms with Crippen molar-refractivity contribution >= 4 is 21.7 Å². The topological polar surface area (TPSA) is 17.1 Å². The van der Waals surface area contributed by atoms with Crippen molar-refractivity contribution in [3.8, 4) is 0 Å². The minimum atomic E-state index is -0.679. The Kier molecular flexibility index (Phi) is 4.39. The highest BCUT2D eigenvalue weighted by atomic mass is 79.9. The SMILES string of the molecule is CCCC(Br)C(=O)c1cc(F)ccc1F. The lowest BCUT2D eigenvalue weighted by Gasteiger charge is -2.08. The van der Waals surface area contributed by atoms with E-state index in [1.54, 1.807) is 0 Å². The number of alkyl halides is 1. The van der Waals surface area contributed by atoms with Crippen LogP contribution in [0.4, 0.5) is 8.78 Å². The van der Waals surface area contributed by atoms with Gasteiger partial charge in [-0.1, -0.05) is 29.3 Å². The van der Waals surface area contributed by atoms with Gasteiger partial charge in [0, 0.05) is 0 Å². The molecule has 15 heavy (non-hydrogen) atoms. The van der Waals surface area contributed by atoms with Crippen molar-refractivity contribution < 1.29 is 13.6 Å². The summed E-state index contributed by atoms with van der Waals surface area (Å²) >= 11 is 3.16. The van der Waals surface area contributed by atoms with Gasteiger partial charge in [0.25, 0.3) is 0 Å². The zero-order valence-electron chi connectivity index (χ0n) is 8.27. The number of carbonyl (C=O) groups is 1. The van der Waals surface area contributed by atoms with E-state index in [4.69, 9.17) is 0 Å². The van der Waals surface area contributed by atoms with Gasteiger partial charge >= 0.3 is 0 Å². The van der Waals surface area contributed by atoms with Gasteiger partial charge < -0.3 is 0 Å². The van der Waals surface area contributed by atoms with Gasteiger partial charge in [-0.05, 0) is 24.6 Å². The Hall–Kier alpha value is -0.770. The highest BCUT2D eigenvalue weighted by Crippen LogP contribution is 2.18. The molecular weight excluding hydrogens is 266 g/mol. The lowest BCUT2D eigenvalue weighted by molar-refractivity contribution is 0.0984. The van der Waals surface area contributed by atoms with Crippen molar-refractivity contribution in [2.45, 2.75) is 24.6 Å². The van der Waals surface area contributed by atoms with Crippen LogP contribution in [0.15, 0.2) is 18.2 Å². The summed E-state index contributed by atoms with van der Waals surface area (Å²) in [5.74, 6) is -1.69. The third-order valence-corrected chi connectivity index (χ3v) is 2.89. The molecule has 0 aliphatic carbocycles. The number of halogens is 3. The molecule has 0 radical (unpaired) electrons. The van der Waals surface area contributed by atoms with Crippen LogP contribution >= 0.6 is 15.9 Å². The van der Waals surface area contributed by atoms with Crippen LogP contribution in [0, 0.1) is 11.6 Å². The van der Waals surface area contributed by atoms with Gasteiger partial charge in [0.2, 0.25) is 0 Å². The monoisotopic (exact) mass is 276 g/mol. The number of hydrogen-bond donors (Lipinski definition) is 0. The number of hydrogen-bond acceptors (Lipinski definition) is 1. The standard InChI is InChI=1S/C11H11BrF2O/c1-2-3-9(12)11(15)8-6-7(13)4-5-10(8)14/h4-6,9H,2-3H2,1H3. The summed E-state index contributed by atoms with van der Waals surface area (Å²) in [5.41, 5.74) is -0.190. The molecule has 0 aliphatic heterocycles. The minimum absolute atomic E-state index is 0.190. The first-order chi connectivity index (χ1) is 7.06. The van der Waals surface area contributed by atoms with E-state index in [0.29, 0.717) is 6.42 Å². The molecule has 0 aromatic heterocycles. The Bertz CT molecular complexity index is 366. The maximum atomic E-state index is 13.2. The lowest BCUT2D eigenvalue weighted by atomic mass is 10.1. The molecule has 1 unspecified atom stereocenters. The summed E-state index contributed by atoms with van der Waals surface area (Å²) in [7, 11) is 0. The Balaban J connectivity index is 2.95. The molecule has 0 saturated heterocycles.